The fourth-order valence-corrected chi connectivity index (χ4v) is 6.14. The predicted molar refractivity (Wildman–Crippen MR) is 157 cm³/mol. The number of amides is 2. The molecule has 42 heavy (non-hydrogen) atoms. The van der Waals surface area contributed by atoms with Crippen molar-refractivity contribution >= 4 is 23.5 Å². The second kappa shape index (κ2) is 12.8. The molecule has 3 N–H and O–H groups in total. The molecular formula is C32H41N3O7. The number of ether oxygens (including phenoxy) is 2. The number of anilines is 1. The van der Waals surface area contributed by atoms with E-state index in [0.29, 0.717) is 36.6 Å². The van der Waals surface area contributed by atoms with Gasteiger partial charge in [0, 0.05) is 42.9 Å². The van der Waals surface area contributed by atoms with Crippen LogP contribution in [0.25, 0.3) is 0 Å². The largest absolute Gasteiger partial charge is 0.494 e. The maximum Gasteiger partial charge on any atom is 0.338 e. The van der Waals surface area contributed by atoms with Gasteiger partial charge in [0.15, 0.2) is 0 Å². The molecule has 226 valence electrons. The number of aliphatic hydroxyl groups excluding tert-OH is 2. The Balaban J connectivity index is 1.21. The first-order chi connectivity index (χ1) is 20.3. The summed E-state index contributed by atoms with van der Waals surface area (Å²) in [5.74, 6) is 0.554. The highest BCUT2D eigenvalue weighted by Gasteiger charge is 2.45. The molecule has 10 heteroatoms. The molecule has 2 aromatic carbocycles. The number of aliphatic hydroxyl groups is 2. The van der Waals surface area contributed by atoms with Crippen molar-refractivity contribution in [1.29, 1.82) is 0 Å². The number of benzene rings is 2. The minimum absolute atomic E-state index is 0.0331. The summed E-state index contributed by atoms with van der Waals surface area (Å²) in [6, 6.07) is 10.9. The first-order valence-electron chi connectivity index (χ1n) is 14.8. The van der Waals surface area contributed by atoms with Crippen molar-refractivity contribution in [2.75, 3.05) is 51.4 Å². The number of piperidine rings is 1. The van der Waals surface area contributed by atoms with Crippen LogP contribution in [0.5, 0.6) is 5.75 Å². The smallest absolute Gasteiger partial charge is 0.338 e. The Hall–Kier alpha value is -3.47. The average Bonchev–Trinajstić information content (AvgIpc) is 3.80. The highest BCUT2D eigenvalue weighted by Crippen LogP contribution is 2.45. The average molecular weight is 580 g/mol. The molecule has 1 atom stereocenters. The Labute approximate surface area is 246 Å². The zero-order chi connectivity index (χ0) is 29.9. The van der Waals surface area contributed by atoms with Crippen LogP contribution in [-0.4, -0.2) is 85.5 Å². The molecule has 0 bridgehead atoms. The van der Waals surface area contributed by atoms with Crippen molar-refractivity contribution in [2.45, 2.75) is 57.6 Å². The van der Waals surface area contributed by atoms with Crippen LogP contribution >= 0.6 is 0 Å². The third-order valence-electron chi connectivity index (χ3n) is 8.74. The molecule has 0 radical (unpaired) electrons. The number of carbonyl (C=O) groups is 3. The molecule has 2 heterocycles. The Bertz CT molecular complexity index is 1300. The van der Waals surface area contributed by atoms with E-state index < -0.39 is 12.7 Å². The van der Waals surface area contributed by atoms with Crippen molar-refractivity contribution in [2.24, 2.45) is 5.41 Å². The lowest BCUT2D eigenvalue weighted by Gasteiger charge is -2.39. The fourth-order valence-electron chi connectivity index (χ4n) is 6.14. The predicted octanol–water partition coefficient (Wildman–Crippen LogP) is 2.85. The molecule has 0 unspecified atom stereocenters. The number of hydrogen-bond donors (Lipinski definition) is 3. The molecule has 5 rings (SSSR count). The molecule has 10 nitrogen and oxygen atoms in total. The van der Waals surface area contributed by atoms with Gasteiger partial charge in [-0.1, -0.05) is 0 Å². The van der Waals surface area contributed by atoms with E-state index in [4.69, 9.17) is 14.6 Å². The Morgan fingerprint density at radius 3 is 2.48 bits per heavy atom. The summed E-state index contributed by atoms with van der Waals surface area (Å²) in [6.07, 6.45) is 3.48. The lowest BCUT2D eigenvalue weighted by atomic mass is 9.77. The minimum atomic E-state index is -1.00. The van der Waals surface area contributed by atoms with Crippen LogP contribution in [0.2, 0.25) is 0 Å². The van der Waals surface area contributed by atoms with Crippen molar-refractivity contribution in [3.05, 3.63) is 58.7 Å². The van der Waals surface area contributed by atoms with Gasteiger partial charge in [-0.2, -0.15) is 0 Å². The molecular weight excluding hydrogens is 538 g/mol. The first kappa shape index (κ1) is 30.0. The first-order valence-corrected chi connectivity index (χ1v) is 14.8. The number of nitrogens with zero attached hydrogens (tertiary/aromatic N) is 2. The topological polar surface area (TPSA) is 129 Å². The minimum Gasteiger partial charge on any atom is -0.494 e. The molecule has 2 aliphatic heterocycles. The van der Waals surface area contributed by atoms with Gasteiger partial charge in [-0.25, -0.2) is 4.79 Å². The van der Waals surface area contributed by atoms with Crippen LogP contribution in [0.3, 0.4) is 0 Å². The van der Waals surface area contributed by atoms with E-state index in [0.717, 1.165) is 67.9 Å². The van der Waals surface area contributed by atoms with Gasteiger partial charge in [-0.05, 0) is 99.0 Å². The summed E-state index contributed by atoms with van der Waals surface area (Å²) >= 11 is 0. The van der Waals surface area contributed by atoms with E-state index in [-0.39, 0.29) is 29.7 Å². The van der Waals surface area contributed by atoms with Crippen molar-refractivity contribution in [3.8, 4) is 5.75 Å². The maximum absolute atomic E-state index is 13.1. The van der Waals surface area contributed by atoms with Crippen molar-refractivity contribution < 1.29 is 34.1 Å². The summed E-state index contributed by atoms with van der Waals surface area (Å²) in [4.78, 5) is 42.1. The summed E-state index contributed by atoms with van der Waals surface area (Å²) < 4.78 is 11.0. The summed E-state index contributed by atoms with van der Waals surface area (Å²) in [7, 11) is 1.41. The SMILES string of the molecule is CCOc1cc(C(=O)OC)c(C2CC2)cc1CN1CCC2(CC1)CC(=O)N(c1ccc(C(=O)NC[C@@H](O)CO)cc1)C2. The molecule has 3 aliphatic rings. The molecule has 2 saturated heterocycles. The lowest BCUT2D eigenvalue weighted by molar-refractivity contribution is -0.118. The number of likely N-dealkylation sites (tertiary alicyclic amines) is 1. The molecule has 1 saturated carbocycles. The number of methoxy groups -OCH3 is 1. The summed E-state index contributed by atoms with van der Waals surface area (Å²) in [6.45, 7) is 5.10. The third kappa shape index (κ3) is 6.61. The number of esters is 1. The molecule has 2 aromatic rings. The summed E-state index contributed by atoms with van der Waals surface area (Å²) in [5, 5.41) is 21.0. The van der Waals surface area contributed by atoms with Gasteiger partial charge in [0.05, 0.1) is 32.0 Å². The van der Waals surface area contributed by atoms with E-state index in [1.807, 2.05) is 17.9 Å². The molecule has 1 spiro atoms. The van der Waals surface area contributed by atoms with Crippen LogP contribution in [0, 0.1) is 5.41 Å². The van der Waals surface area contributed by atoms with Crippen LogP contribution < -0.4 is 15.0 Å². The number of hydrogen-bond acceptors (Lipinski definition) is 8. The van der Waals surface area contributed by atoms with E-state index in [2.05, 4.69) is 16.3 Å². The van der Waals surface area contributed by atoms with E-state index in [1.165, 1.54) is 7.11 Å². The van der Waals surface area contributed by atoms with E-state index in [1.54, 1.807) is 24.3 Å². The van der Waals surface area contributed by atoms with Gasteiger partial charge >= 0.3 is 5.97 Å². The zero-order valence-corrected chi connectivity index (χ0v) is 24.4. The number of rotatable bonds is 11. The van der Waals surface area contributed by atoms with Gasteiger partial charge < -0.3 is 29.9 Å². The van der Waals surface area contributed by atoms with Gasteiger partial charge in [0.2, 0.25) is 5.91 Å². The monoisotopic (exact) mass is 579 g/mol. The van der Waals surface area contributed by atoms with Crippen LogP contribution in [0.1, 0.15) is 76.8 Å². The highest BCUT2D eigenvalue weighted by molar-refractivity contribution is 5.98. The standard InChI is InChI=1S/C32H41N3O7/c1-3-42-28-15-27(31(40)41-2)26(21-4-5-21)14-23(28)18-34-12-10-32(11-13-34)16-29(38)35(20-32)24-8-6-22(7-9-24)30(39)33-17-25(37)19-36/h6-9,14-15,21,25,36-37H,3-5,10-13,16-20H2,1-2H3,(H,33,39)/t25-/m1/s1. The Morgan fingerprint density at radius 2 is 1.86 bits per heavy atom. The fraction of sp³-hybridized carbons (Fsp3) is 0.531. The maximum atomic E-state index is 13.1. The van der Waals surface area contributed by atoms with Gasteiger partial charge in [-0.15, -0.1) is 0 Å². The van der Waals surface area contributed by atoms with Crippen LogP contribution in [0.4, 0.5) is 5.69 Å². The van der Waals surface area contributed by atoms with E-state index in [9.17, 15) is 19.5 Å². The summed E-state index contributed by atoms with van der Waals surface area (Å²) in [5.41, 5.74) is 3.85. The van der Waals surface area contributed by atoms with Crippen LogP contribution in [0.15, 0.2) is 36.4 Å². The van der Waals surface area contributed by atoms with E-state index >= 15 is 0 Å². The van der Waals surface area contributed by atoms with Crippen molar-refractivity contribution in [1.82, 2.24) is 10.2 Å². The second-order valence-electron chi connectivity index (χ2n) is 11.8. The molecule has 0 aromatic heterocycles. The number of carbonyl (C=O) groups excluding carboxylic acids is 3. The van der Waals surface area contributed by atoms with Crippen LogP contribution in [-0.2, 0) is 16.1 Å². The third-order valence-corrected chi connectivity index (χ3v) is 8.74. The highest BCUT2D eigenvalue weighted by atomic mass is 16.5. The van der Waals surface area contributed by atoms with Crippen molar-refractivity contribution in [3.63, 3.8) is 0 Å². The normalized spacial score (nSPS) is 19.1. The number of nitrogens with one attached hydrogen (secondary N) is 1. The zero-order valence-electron chi connectivity index (χ0n) is 24.4. The van der Waals surface area contributed by atoms with Gasteiger partial charge in [0.25, 0.3) is 5.91 Å². The Kier molecular flexibility index (Phi) is 9.15. The van der Waals surface area contributed by atoms with Gasteiger partial charge in [-0.3, -0.25) is 14.5 Å². The molecule has 3 fully saturated rings. The Morgan fingerprint density at radius 1 is 1.14 bits per heavy atom. The molecule has 1 aliphatic carbocycles. The lowest BCUT2D eigenvalue weighted by Crippen LogP contribution is -2.41. The molecule has 2 amide bonds. The second-order valence-corrected chi connectivity index (χ2v) is 11.8. The quantitative estimate of drug-likeness (QED) is 0.347. The van der Waals surface area contributed by atoms with Gasteiger partial charge in [0.1, 0.15) is 5.75 Å².